The van der Waals surface area contributed by atoms with Crippen molar-refractivity contribution in [3.8, 4) is 5.75 Å². The molecule has 0 radical (unpaired) electrons. The third kappa shape index (κ3) is 3.00. The summed E-state index contributed by atoms with van der Waals surface area (Å²) in [5.41, 5.74) is 0.0988. The summed E-state index contributed by atoms with van der Waals surface area (Å²) in [6.45, 7) is 1.54. The molecule has 3 N–H and O–H groups in total. The van der Waals surface area contributed by atoms with E-state index < -0.39 is 23.4 Å². The van der Waals surface area contributed by atoms with Crippen LogP contribution < -0.4 is 5.32 Å². The number of anilines is 1. The Morgan fingerprint density at radius 1 is 1.14 bits per heavy atom. The van der Waals surface area contributed by atoms with E-state index in [1.807, 2.05) is 0 Å². The topological polar surface area (TPSA) is 86.6 Å². The molecule has 21 heavy (non-hydrogen) atoms. The highest BCUT2D eigenvalue weighted by Gasteiger charge is 2.15. The van der Waals surface area contributed by atoms with Crippen LogP contribution in [0.2, 0.25) is 0 Å². The quantitative estimate of drug-likeness (QED) is 0.811. The zero-order valence-electron chi connectivity index (χ0n) is 11.1. The highest BCUT2D eigenvalue weighted by molar-refractivity contribution is 6.05. The number of aromatic carboxylic acids is 1. The number of rotatable bonds is 3. The molecule has 0 spiro atoms. The van der Waals surface area contributed by atoms with Gasteiger partial charge in [-0.2, -0.15) is 0 Å². The number of carboxylic acid groups (broad SMARTS) is 1. The van der Waals surface area contributed by atoms with Crippen LogP contribution in [0.5, 0.6) is 5.75 Å². The van der Waals surface area contributed by atoms with Crippen LogP contribution in [-0.2, 0) is 0 Å². The van der Waals surface area contributed by atoms with Crippen molar-refractivity contribution in [1.82, 2.24) is 0 Å². The molecule has 0 saturated heterocycles. The number of nitrogens with one attached hydrogen (secondary N) is 1. The van der Waals surface area contributed by atoms with Gasteiger partial charge in [0, 0.05) is 11.8 Å². The molecule has 2 aromatic carbocycles. The van der Waals surface area contributed by atoms with E-state index >= 15 is 0 Å². The van der Waals surface area contributed by atoms with Crippen LogP contribution in [-0.4, -0.2) is 22.1 Å². The SMILES string of the molecule is Cc1cccc(C(=O)Nc2ccc(C(=O)O)c(O)c2)c1F. The Bertz CT molecular complexity index is 728. The van der Waals surface area contributed by atoms with Crippen molar-refractivity contribution in [1.29, 1.82) is 0 Å². The average Bonchev–Trinajstić information content (AvgIpc) is 2.41. The third-order valence-corrected chi connectivity index (χ3v) is 2.92. The minimum Gasteiger partial charge on any atom is -0.507 e. The number of hydrogen-bond donors (Lipinski definition) is 3. The van der Waals surface area contributed by atoms with Crippen LogP contribution in [0.3, 0.4) is 0 Å². The molecule has 0 aliphatic carbocycles. The number of aryl methyl sites for hydroxylation is 1. The van der Waals surface area contributed by atoms with Crippen LogP contribution >= 0.6 is 0 Å². The van der Waals surface area contributed by atoms with E-state index in [1.165, 1.54) is 12.1 Å². The standard InChI is InChI=1S/C15H12FNO4/c1-8-3-2-4-11(13(8)16)14(19)17-9-5-6-10(15(20)21)12(18)7-9/h2-7,18H,1H3,(H,17,19)(H,20,21). The maximum Gasteiger partial charge on any atom is 0.339 e. The lowest BCUT2D eigenvalue weighted by atomic mass is 10.1. The summed E-state index contributed by atoms with van der Waals surface area (Å²) in [5, 5.41) is 20.7. The third-order valence-electron chi connectivity index (χ3n) is 2.92. The minimum absolute atomic E-state index is 0.128. The van der Waals surface area contributed by atoms with Gasteiger partial charge < -0.3 is 15.5 Å². The van der Waals surface area contributed by atoms with Gasteiger partial charge in [0.05, 0.1) is 5.56 Å². The van der Waals surface area contributed by atoms with Crippen molar-refractivity contribution in [2.45, 2.75) is 6.92 Å². The van der Waals surface area contributed by atoms with Gasteiger partial charge in [-0.05, 0) is 30.7 Å². The fraction of sp³-hybridized carbons (Fsp3) is 0.0667. The molecule has 0 fully saturated rings. The van der Waals surface area contributed by atoms with E-state index in [0.29, 0.717) is 5.56 Å². The predicted molar refractivity (Wildman–Crippen MR) is 74.2 cm³/mol. The van der Waals surface area contributed by atoms with Crippen molar-refractivity contribution in [2.75, 3.05) is 5.32 Å². The van der Waals surface area contributed by atoms with Crippen molar-refractivity contribution in [3.63, 3.8) is 0 Å². The fourth-order valence-electron chi connectivity index (χ4n) is 1.81. The Balaban J connectivity index is 2.26. The Labute approximate surface area is 119 Å². The number of halogens is 1. The van der Waals surface area contributed by atoms with E-state index in [4.69, 9.17) is 5.11 Å². The van der Waals surface area contributed by atoms with E-state index in [0.717, 1.165) is 12.1 Å². The molecule has 0 saturated carbocycles. The number of carbonyl (C=O) groups is 2. The number of phenols is 1. The second kappa shape index (κ2) is 5.62. The first-order valence-corrected chi connectivity index (χ1v) is 6.03. The van der Waals surface area contributed by atoms with Crippen LogP contribution in [0.1, 0.15) is 26.3 Å². The van der Waals surface area contributed by atoms with Crippen LogP contribution in [0, 0.1) is 12.7 Å². The van der Waals surface area contributed by atoms with E-state index in [-0.39, 0.29) is 16.8 Å². The van der Waals surface area contributed by atoms with Crippen molar-refractivity contribution in [2.24, 2.45) is 0 Å². The molecular formula is C15H12FNO4. The lowest BCUT2D eigenvalue weighted by Gasteiger charge is -2.08. The Kier molecular flexibility index (Phi) is 3.89. The van der Waals surface area contributed by atoms with E-state index in [9.17, 15) is 19.1 Å². The molecule has 108 valence electrons. The molecule has 0 bridgehead atoms. The van der Waals surface area contributed by atoms with Crippen molar-refractivity contribution < 1.29 is 24.2 Å². The fourth-order valence-corrected chi connectivity index (χ4v) is 1.81. The maximum atomic E-state index is 13.8. The number of aromatic hydroxyl groups is 1. The minimum atomic E-state index is -1.28. The Morgan fingerprint density at radius 2 is 1.86 bits per heavy atom. The first-order chi connectivity index (χ1) is 9.90. The van der Waals surface area contributed by atoms with Crippen LogP contribution in [0.25, 0.3) is 0 Å². The number of amides is 1. The summed E-state index contributed by atoms with van der Waals surface area (Å²) < 4.78 is 13.8. The number of carbonyl (C=O) groups excluding carboxylic acids is 1. The van der Waals surface area contributed by atoms with Crippen molar-refractivity contribution in [3.05, 3.63) is 58.9 Å². The number of hydrogen-bond acceptors (Lipinski definition) is 3. The molecule has 0 aliphatic rings. The largest absolute Gasteiger partial charge is 0.507 e. The van der Waals surface area contributed by atoms with Gasteiger partial charge in [-0.1, -0.05) is 12.1 Å². The number of benzene rings is 2. The molecule has 0 atom stereocenters. The lowest BCUT2D eigenvalue weighted by Crippen LogP contribution is -2.14. The van der Waals surface area contributed by atoms with Gasteiger partial charge in [0.1, 0.15) is 17.1 Å². The van der Waals surface area contributed by atoms with Gasteiger partial charge in [0.2, 0.25) is 0 Å². The summed E-state index contributed by atoms with van der Waals surface area (Å²) >= 11 is 0. The second-order valence-electron chi connectivity index (χ2n) is 4.43. The van der Waals surface area contributed by atoms with Crippen LogP contribution in [0.4, 0.5) is 10.1 Å². The number of carboxylic acids is 1. The monoisotopic (exact) mass is 289 g/mol. The van der Waals surface area contributed by atoms with Gasteiger partial charge in [-0.15, -0.1) is 0 Å². The zero-order valence-corrected chi connectivity index (χ0v) is 11.1. The van der Waals surface area contributed by atoms with Crippen molar-refractivity contribution >= 4 is 17.6 Å². The van der Waals surface area contributed by atoms with Gasteiger partial charge in [-0.25, -0.2) is 9.18 Å². The second-order valence-corrected chi connectivity index (χ2v) is 4.43. The molecule has 1 amide bonds. The first-order valence-electron chi connectivity index (χ1n) is 6.03. The molecular weight excluding hydrogens is 277 g/mol. The summed E-state index contributed by atoms with van der Waals surface area (Å²) in [7, 11) is 0. The highest BCUT2D eigenvalue weighted by Crippen LogP contribution is 2.23. The Morgan fingerprint density at radius 3 is 2.48 bits per heavy atom. The summed E-state index contributed by atoms with van der Waals surface area (Å²) in [6, 6.07) is 7.99. The first kappa shape index (κ1) is 14.5. The summed E-state index contributed by atoms with van der Waals surface area (Å²) in [5.74, 6) is -3.07. The van der Waals surface area contributed by atoms with Gasteiger partial charge in [0.25, 0.3) is 5.91 Å². The highest BCUT2D eigenvalue weighted by atomic mass is 19.1. The maximum absolute atomic E-state index is 13.8. The lowest BCUT2D eigenvalue weighted by molar-refractivity contribution is 0.0693. The molecule has 2 aromatic rings. The van der Waals surface area contributed by atoms with E-state index in [2.05, 4.69) is 5.32 Å². The zero-order chi connectivity index (χ0) is 15.6. The van der Waals surface area contributed by atoms with E-state index in [1.54, 1.807) is 19.1 Å². The predicted octanol–water partition coefficient (Wildman–Crippen LogP) is 2.79. The molecule has 0 aliphatic heterocycles. The van der Waals surface area contributed by atoms with Gasteiger partial charge in [0.15, 0.2) is 0 Å². The van der Waals surface area contributed by atoms with Gasteiger partial charge >= 0.3 is 5.97 Å². The Hall–Kier alpha value is -2.89. The molecule has 0 aromatic heterocycles. The summed E-state index contributed by atoms with van der Waals surface area (Å²) in [6.07, 6.45) is 0. The van der Waals surface area contributed by atoms with Crippen LogP contribution in [0.15, 0.2) is 36.4 Å². The normalized spacial score (nSPS) is 10.2. The molecule has 0 unspecified atom stereocenters. The molecule has 0 heterocycles. The molecule has 5 nitrogen and oxygen atoms in total. The van der Waals surface area contributed by atoms with Gasteiger partial charge in [-0.3, -0.25) is 4.79 Å². The molecule has 6 heteroatoms. The summed E-state index contributed by atoms with van der Waals surface area (Å²) in [4.78, 5) is 22.7. The average molecular weight is 289 g/mol. The smallest absolute Gasteiger partial charge is 0.339 e. The molecule has 2 rings (SSSR count).